The van der Waals surface area contributed by atoms with E-state index >= 15 is 0 Å². The molecule has 0 radical (unpaired) electrons. The van der Waals surface area contributed by atoms with E-state index in [4.69, 9.17) is 9.79 Å². The molecule has 7 heteroatoms. The van der Waals surface area contributed by atoms with Crippen molar-refractivity contribution in [3.63, 3.8) is 0 Å². The molecule has 0 aliphatic carbocycles. The third-order valence-corrected chi connectivity index (χ3v) is 2.04. The highest BCUT2D eigenvalue weighted by Crippen LogP contribution is 2.37. The third kappa shape index (κ3) is 2.37. The van der Waals surface area contributed by atoms with Gasteiger partial charge in [0.1, 0.15) is 0 Å². The summed E-state index contributed by atoms with van der Waals surface area (Å²) in [6.07, 6.45) is 1.46. The summed E-state index contributed by atoms with van der Waals surface area (Å²) >= 11 is 0. The molecule has 0 spiro atoms. The molecule has 0 unspecified atom stereocenters. The van der Waals surface area contributed by atoms with Crippen molar-refractivity contribution in [2.45, 2.75) is 0 Å². The fourth-order valence-electron chi connectivity index (χ4n) is 1.20. The second-order valence-corrected chi connectivity index (χ2v) is 3.98. The summed E-state index contributed by atoms with van der Waals surface area (Å²) in [6, 6.07) is 7.15. The number of hydrogen-bond donors (Lipinski definition) is 3. The van der Waals surface area contributed by atoms with E-state index in [1.807, 2.05) is 6.07 Å². The van der Waals surface area contributed by atoms with Crippen molar-refractivity contribution in [3.8, 4) is 5.75 Å². The van der Waals surface area contributed by atoms with Gasteiger partial charge in [-0.05, 0) is 12.1 Å². The first-order valence-corrected chi connectivity index (χ1v) is 5.57. The van der Waals surface area contributed by atoms with Crippen molar-refractivity contribution in [1.29, 1.82) is 0 Å². The molecule has 1 heterocycles. The average Bonchev–Trinajstić information content (AvgIpc) is 2.57. The summed E-state index contributed by atoms with van der Waals surface area (Å²) in [5.41, 5.74) is 0.793. The minimum Gasteiger partial charge on any atom is -0.358 e. The van der Waals surface area contributed by atoms with E-state index in [1.54, 1.807) is 18.2 Å². The Balaban J connectivity index is 2.25. The van der Waals surface area contributed by atoms with E-state index in [1.165, 1.54) is 6.20 Å². The highest BCUT2D eigenvalue weighted by atomic mass is 31.2. The fraction of sp³-hybridized carbons (Fsp3) is 0. The van der Waals surface area contributed by atoms with E-state index in [9.17, 15) is 4.57 Å². The Kier molecular flexibility index (Phi) is 2.50. The SMILES string of the molecule is O=P(O)(O)OOc1c[nH]c2ccccc12. The Morgan fingerprint density at radius 1 is 1.27 bits per heavy atom. The zero-order chi connectivity index (χ0) is 10.9. The Labute approximate surface area is 84.6 Å². The van der Waals surface area contributed by atoms with Crippen LogP contribution in [0.3, 0.4) is 0 Å². The molecule has 0 fully saturated rings. The molecule has 80 valence electrons. The number of phosphoric acid groups is 1. The van der Waals surface area contributed by atoms with Crippen LogP contribution < -0.4 is 4.89 Å². The maximum atomic E-state index is 10.4. The molecule has 0 saturated heterocycles. The zero-order valence-electron chi connectivity index (χ0n) is 7.45. The molecule has 0 saturated carbocycles. The largest absolute Gasteiger partial charge is 0.505 e. The van der Waals surface area contributed by atoms with Crippen molar-refractivity contribution in [3.05, 3.63) is 30.5 Å². The van der Waals surface area contributed by atoms with Gasteiger partial charge in [0.15, 0.2) is 5.75 Å². The predicted octanol–water partition coefficient (Wildman–Crippen LogP) is 1.57. The van der Waals surface area contributed by atoms with Gasteiger partial charge in [-0.3, -0.25) is 0 Å². The van der Waals surface area contributed by atoms with Crippen LogP contribution in [0.25, 0.3) is 10.9 Å². The molecule has 15 heavy (non-hydrogen) atoms. The molecule has 2 rings (SSSR count). The number of para-hydroxylation sites is 1. The number of H-pyrrole nitrogens is 1. The van der Waals surface area contributed by atoms with Crippen LogP contribution in [0.5, 0.6) is 5.75 Å². The molecule has 0 amide bonds. The minimum atomic E-state index is -4.62. The van der Waals surface area contributed by atoms with Gasteiger partial charge in [-0.1, -0.05) is 16.8 Å². The van der Waals surface area contributed by atoms with E-state index in [-0.39, 0.29) is 5.75 Å². The zero-order valence-corrected chi connectivity index (χ0v) is 8.35. The summed E-state index contributed by atoms with van der Waals surface area (Å²) in [5, 5.41) is 0.686. The van der Waals surface area contributed by atoms with E-state index in [0.29, 0.717) is 5.39 Å². The lowest BCUT2D eigenvalue weighted by Gasteiger charge is -2.03. The van der Waals surface area contributed by atoms with Crippen LogP contribution in [0.1, 0.15) is 0 Å². The molecule has 1 aromatic heterocycles. The first kappa shape index (κ1) is 10.2. The smallest absolute Gasteiger partial charge is 0.358 e. The highest BCUT2D eigenvalue weighted by molar-refractivity contribution is 7.46. The number of nitrogens with one attached hydrogen (secondary N) is 1. The summed E-state index contributed by atoms with van der Waals surface area (Å²) in [5.74, 6) is 0.230. The van der Waals surface area contributed by atoms with Crippen LogP contribution in [-0.2, 0) is 9.24 Å². The van der Waals surface area contributed by atoms with Gasteiger partial charge >= 0.3 is 7.82 Å². The second-order valence-electron chi connectivity index (χ2n) is 2.85. The standard InChI is InChI=1S/C8H8NO5P/c10-15(11,12)14-13-8-5-9-7-4-2-1-3-6(7)8/h1-5,9H,(H2,10,11,12). The maximum absolute atomic E-state index is 10.4. The normalized spacial score (nSPS) is 11.9. The molecule has 0 bridgehead atoms. The number of aromatic nitrogens is 1. The van der Waals surface area contributed by atoms with Crippen molar-refractivity contribution < 1.29 is 23.9 Å². The number of rotatable bonds is 3. The molecule has 6 nitrogen and oxygen atoms in total. The quantitative estimate of drug-likeness (QED) is 0.422. The van der Waals surface area contributed by atoms with Gasteiger partial charge in [-0.2, -0.15) is 0 Å². The lowest BCUT2D eigenvalue weighted by atomic mass is 10.2. The van der Waals surface area contributed by atoms with Crippen LogP contribution >= 0.6 is 7.82 Å². The molecule has 0 atom stereocenters. The Hall–Kier alpha value is -1.33. The van der Waals surface area contributed by atoms with E-state index < -0.39 is 7.82 Å². The minimum absolute atomic E-state index is 0.230. The van der Waals surface area contributed by atoms with Gasteiger partial charge in [0.25, 0.3) is 0 Å². The van der Waals surface area contributed by atoms with Crippen molar-refractivity contribution >= 4 is 18.7 Å². The van der Waals surface area contributed by atoms with Crippen molar-refractivity contribution in [2.24, 2.45) is 0 Å². The molecule has 0 aliphatic rings. The van der Waals surface area contributed by atoms with Crippen LogP contribution in [0.15, 0.2) is 30.5 Å². The van der Waals surface area contributed by atoms with Crippen molar-refractivity contribution in [1.82, 2.24) is 4.98 Å². The van der Waals surface area contributed by atoms with Crippen LogP contribution in [0.4, 0.5) is 0 Å². The third-order valence-electron chi connectivity index (χ3n) is 1.78. The topological polar surface area (TPSA) is 91.8 Å². The van der Waals surface area contributed by atoms with E-state index in [2.05, 4.69) is 14.5 Å². The Morgan fingerprint density at radius 3 is 2.73 bits per heavy atom. The Morgan fingerprint density at radius 2 is 2.00 bits per heavy atom. The molecule has 0 aliphatic heterocycles. The fourth-order valence-corrected chi connectivity index (χ4v) is 1.38. The number of aromatic amines is 1. The van der Waals surface area contributed by atoms with Crippen LogP contribution in [-0.4, -0.2) is 14.8 Å². The first-order chi connectivity index (χ1) is 7.06. The molecular formula is C8H8NO5P. The van der Waals surface area contributed by atoms with Gasteiger partial charge in [0, 0.05) is 17.1 Å². The predicted molar refractivity (Wildman–Crippen MR) is 52.1 cm³/mol. The summed E-state index contributed by atoms with van der Waals surface area (Å²) in [7, 11) is -4.62. The molecule has 1 aromatic carbocycles. The van der Waals surface area contributed by atoms with E-state index in [0.717, 1.165) is 5.52 Å². The lowest BCUT2D eigenvalue weighted by Crippen LogP contribution is -1.93. The van der Waals surface area contributed by atoms with Gasteiger partial charge in [-0.15, -0.1) is 0 Å². The number of benzene rings is 1. The lowest BCUT2D eigenvalue weighted by molar-refractivity contribution is -0.121. The van der Waals surface area contributed by atoms with Gasteiger partial charge < -0.3 is 19.7 Å². The Bertz CT molecular complexity index is 516. The van der Waals surface area contributed by atoms with Gasteiger partial charge in [0.2, 0.25) is 0 Å². The van der Waals surface area contributed by atoms with Gasteiger partial charge in [0.05, 0.1) is 0 Å². The maximum Gasteiger partial charge on any atom is 0.505 e. The van der Waals surface area contributed by atoms with Crippen LogP contribution in [0.2, 0.25) is 0 Å². The first-order valence-electron chi connectivity index (χ1n) is 4.04. The van der Waals surface area contributed by atoms with Crippen molar-refractivity contribution in [2.75, 3.05) is 0 Å². The van der Waals surface area contributed by atoms with Crippen LogP contribution in [0, 0.1) is 0 Å². The summed E-state index contributed by atoms with van der Waals surface area (Å²) in [4.78, 5) is 24.3. The average molecular weight is 229 g/mol. The summed E-state index contributed by atoms with van der Waals surface area (Å²) < 4.78 is 14.3. The summed E-state index contributed by atoms with van der Waals surface area (Å²) in [6.45, 7) is 0. The second kappa shape index (κ2) is 3.67. The molecule has 2 aromatic rings. The number of hydrogen-bond acceptors (Lipinski definition) is 3. The number of fused-ring (bicyclic) bond motifs is 1. The highest BCUT2D eigenvalue weighted by Gasteiger charge is 2.17. The monoisotopic (exact) mass is 229 g/mol. The van der Waals surface area contributed by atoms with Gasteiger partial charge in [-0.25, -0.2) is 4.57 Å². The molecule has 3 N–H and O–H groups in total. The molecular weight excluding hydrogens is 221 g/mol.